The van der Waals surface area contributed by atoms with Gasteiger partial charge in [-0.25, -0.2) is 4.79 Å². The zero-order chi connectivity index (χ0) is 19.4. The zero-order valence-electron chi connectivity index (χ0n) is 15.4. The lowest BCUT2D eigenvalue weighted by molar-refractivity contribution is -0.139. The molecule has 1 aliphatic rings. The second kappa shape index (κ2) is 8.22. The minimum atomic E-state index is -0.828. The number of carbonyl (C=O) groups is 2. The number of aromatic nitrogens is 1. The van der Waals surface area contributed by atoms with E-state index in [0.29, 0.717) is 23.5 Å². The van der Waals surface area contributed by atoms with Crippen LogP contribution in [0.2, 0.25) is 0 Å². The van der Waals surface area contributed by atoms with Gasteiger partial charge < -0.3 is 20.5 Å². The fraction of sp³-hybridized carbons (Fsp3) is 0.421. The monoisotopic (exact) mass is 372 g/mol. The number of nitrogens with zero attached hydrogens (tertiary/aromatic N) is 2. The van der Waals surface area contributed by atoms with E-state index in [1.807, 2.05) is 24.0 Å². The molecule has 3 N–H and O–H groups in total. The van der Waals surface area contributed by atoms with Crippen molar-refractivity contribution in [1.29, 1.82) is 0 Å². The Hall–Kier alpha value is -2.87. The molecular weight excluding hydrogens is 348 g/mol. The highest BCUT2D eigenvalue weighted by Gasteiger charge is 2.34. The first-order valence-corrected chi connectivity index (χ1v) is 8.97. The Bertz CT molecular complexity index is 836. The number of rotatable bonds is 7. The van der Waals surface area contributed by atoms with Crippen molar-refractivity contribution in [1.82, 2.24) is 15.2 Å². The van der Waals surface area contributed by atoms with Crippen LogP contribution >= 0.6 is 0 Å². The van der Waals surface area contributed by atoms with Gasteiger partial charge in [-0.05, 0) is 43.7 Å². The average Bonchev–Trinajstić information content (AvgIpc) is 2.63. The fourth-order valence-corrected chi connectivity index (χ4v) is 3.44. The molecule has 0 aliphatic heterocycles. The number of ether oxygens (including phenoxy) is 1. The molecule has 1 heterocycles. The minimum absolute atomic E-state index is 0.0327. The van der Waals surface area contributed by atoms with E-state index in [1.165, 1.54) is 0 Å². The normalized spacial score (nSPS) is 18.8. The predicted octanol–water partition coefficient (Wildman–Crippen LogP) is 2.30. The van der Waals surface area contributed by atoms with Crippen LogP contribution in [0.25, 0.3) is 10.9 Å². The van der Waals surface area contributed by atoms with Crippen molar-refractivity contribution in [3.05, 3.63) is 30.5 Å². The van der Waals surface area contributed by atoms with Gasteiger partial charge in [0, 0.05) is 23.7 Å². The van der Waals surface area contributed by atoms with E-state index < -0.39 is 5.97 Å². The smallest absolute Gasteiger partial charge is 0.319 e. The third-order valence-electron chi connectivity index (χ3n) is 4.91. The molecule has 8 nitrogen and oxygen atoms in total. The molecule has 0 bridgehead atoms. The van der Waals surface area contributed by atoms with Crippen molar-refractivity contribution in [2.45, 2.75) is 31.8 Å². The van der Waals surface area contributed by atoms with E-state index in [-0.39, 0.29) is 24.7 Å². The van der Waals surface area contributed by atoms with Crippen molar-refractivity contribution in [3.8, 4) is 5.75 Å². The summed E-state index contributed by atoms with van der Waals surface area (Å²) in [6, 6.07) is 7.21. The summed E-state index contributed by atoms with van der Waals surface area (Å²) in [7, 11) is 1.58. The first-order chi connectivity index (χ1) is 13.0. The highest BCUT2D eigenvalue weighted by atomic mass is 16.5. The van der Waals surface area contributed by atoms with E-state index in [4.69, 9.17) is 9.84 Å². The van der Waals surface area contributed by atoms with Crippen molar-refractivity contribution in [2.24, 2.45) is 0 Å². The molecular formula is C19H24N4O4. The summed E-state index contributed by atoms with van der Waals surface area (Å²) in [5.74, 6) is -0.178. The van der Waals surface area contributed by atoms with Gasteiger partial charge >= 0.3 is 12.0 Å². The zero-order valence-corrected chi connectivity index (χ0v) is 15.4. The summed E-state index contributed by atoms with van der Waals surface area (Å²) >= 11 is 0. The number of carboxylic acids is 1. The lowest BCUT2D eigenvalue weighted by Crippen LogP contribution is -2.55. The molecule has 0 spiro atoms. The van der Waals surface area contributed by atoms with Gasteiger partial charge in [-0.15, -0.1) is 0 Å². The molecule has 1 aromatic heterocycles. The number of carbonyl (C=O) groups excluding carboxylic acids is 1. The Morgan fingerprint density at radius 3 is 2.78 bits per heavy atom. The lowest BCUT2D eigenvalue weighted by atomic mass is 9.85. The van der Waals surface area contributed by atoms with Gasteiger partial charge in [0.25, 0.3) is 0 Å². The van der Waals surface area contributed by atoms with Gasteiger partial charge in [0.1, 0.15) is 11.3 Å². The fourth-order valence-electron chi connectivity index (χ4n) is 3.44. The van der Waals surface area contributed by atoms with Crippen LogP contribution < -0.4 is 15.4 Å². The van der Waals surface area contributed by atoms with Crippen molar-refractivity contribution in [2.75, 3.05) is 25.5 Å². The number of carboxylic acid groups (broad SMARTS) is 1. The van der Waals surface area contributed by atoms with Gasteiger partial charge in [0.05, 0.1) is 19.3 Å². The molecule has 0 atom stereocenters. The van der Waals surface area contributed by atoms with Gasteiger partial charge in [0.15, 0.2) is 0 Å². The molecule has 144 valence electrons. The van der Waals surface area contributed by atoms with Crippen LogP contribution in [0, 0.1) is 0 Å². The number of urea groups is 1. The number of fused-ring (bicyclic) bond motifs is 1. The van der Waals surface area contributed by atoms with E-state index in [1.54, 1.807) is 25.4 Å². The molecule has 0 unspecified atom stereocenters. The molecule has 2 amide bonds. The number of anilines is 1. The second-order valence-electron chi connectivity index (χ2n) is 6.59. The van der Waals surface area contributed by atoms with E-state index in [2.05, 4.69) is 15.6 Å². The van der Waals surface area contributed by atoms with Crippen LogP contribution in [0.1, 0.15) is 19.8 Å². The van der Waals surface area contributed by atoms with Crippen LogP contribution in [-0.4, -0.2) is 59.3 Å². The lowest BCUT2D eigenvalue weighted by Gasteiger charge is -2.42. The van der Waals surface area contributed by atoms with Crippen molar-refractivity contribution >= 4 is 28.6 Å². The molecule has 8 heteroatoms. The highest BCUT2D eigenvalue weighted by Crippen LogP contribution is 2.30. The molecule has 1 aliphatic carbocycles. The Labute approximate surface area is 157 Å². The predicted molar refractivity (Wildman–Crippen MR) is 102 cm³/mol. The third kappa shape index (κ3) is 4.28. The molecule has 0 radical (unpaired) electrons. The number of benzene rings is 1. The number of hydrogen-bond donors (Lipinski definition) is 3. The number of likely N-dealkylation sites (N-methyl/N-ethyl adjacent to an activating group) is 1. The third-order valence-corrected chi connectivity index (χ3v) is 4.91. The molecule has 3 rings (SSSR count). The minimum Gasteiger partial charge on any atom is -0.494 e. The maximum atomic E-state index is 12.4. The van der Waals surface area contributed by atoms with Crippen LogP contribution in [0.3, 0.4) is 0 Å². The van der Waals surface area contributed by atoms with Crippen LogP contribution in [0.5, 0.6) is 5.75 Å². The Morgan fingerprint density at radius 1 is 1.33 bits per heavy atom. The maximum absolute atomic E-state index is 12.4. The Balaban J connectivity index is 1.58. The van der Waals surface area contributed by atoms with Crippen LogP contribution in [-0.2, 0) is 4.79 Å². The van der Waals surface area contributed by atoms with Crippen LogP contribution in [0.4, 0.5) is 10.5 Å². The molecule has 1 fully saturated rings. The van der Waals surface area contributed by atoms with Crippen molar-refractivity contribution < 1.29 is 19.4 Å². The number of amides is 2. The average molecular weight is 372 g/mol. The van der Waals surface area contributed by atoms with E-state index in [0.717, 1.165) is 18.2 Å². The second-order valence-corrected chi connectivity index (χ2v) is 6.59. The Kier molecular flexibility index (Phi) is 5.75. The number of pyridine rings is 1. The summed E-state index contributed by atoms with van der Waals surface area (Å²) in [5, 5.41) is 15.6. The number of hydrogen-bond acceptors (Lipinski definition) is 5. The topological polar surface area (TPSA) is 104 Å². The summed E-state index contributed by atoms with van der Waals surface area (Å²) in [4.78, 5) is 29.5. The molecule has 0 saturated heterocycles. The molecule has 1 aromatic carbocycles. The summed E-state index contributed by atoms with van der Waals surface area (Å²) in [5.41, 5.74) is 1.35. The number of aliphatic carboxylic acids is 1. The standard InChI is InChI=1S/C19H24N4O4/c1-3-23(11-17(24)25)13-9-12(10-13)21-19(26)22-15-6-7-16(27-2)18-14(15)5-4-8-20-18/h4-8,12-13H,3,9-11H2,1-2H3,(H,24,25)(H2,21,22,26). The first kappa shape index (κ1) is 18.9. The number of nitrogens with one attached hydrogen (secondary N) is 2. The van der Waals surface area contributed by atoms with Gasteiger partial charge in [-0.3, -0.25) is 14.7 Å². The largest absolute Gasteiger partial charge is 0.494 e. The van der Waals surface area contributed by atoms with E-state index in [9.17, 15) is 9.59 Å². The molecule has 2 aromatic rings. The Morgan fingerprint density at radius 2 is 2.11 bits per heavy atom. The van der Waals surface area contributed by atoms with Gasteiger partial charge in [0.2, 0.25) is 0 Å². The molecule has 27 heavy (non-hydrogen) atoms. The summed E-state index contributed by atoms with van der Waals surface area (Å²) in [6.45, 7) is 2.66. The maximum Gasteiger partial charge on any atom is 0.319 e. The molecule has 1 saturated carbocycles. The van der Waals surface area contributed by atoms with Gasteiger partial charge in [-0.2, -0.15) is 0 Å². The first-order valence-electron chi connectivity index (χ1n) is 8.97. The quantitative estimate of drug-likeness (QED) is 0.689. The number of methoxy groups -OCH3 is 1. The van der Waals surface area contributed by atoms with Gasteiger partial charge in [-0.1, -0.05) is 6.92 Å². The SMILES string of the molecule is CCN(CC(=O)O)C1CC(NC(=O)Nc2ccc(OC)c3ncccc23)C1. The summed E-state index contributed by atoms with van der Waals surface area (Å²) < 4.78 is 5.31. The van der Waals surface area contributed by atoms with Crippen molar-refractivity contribution in [3.63, 3.8) is 0 Å². The summed E-state index contributed by atoms with van der Waals surface area (Å²) in [6.07, 6.45) is 3.18. The van der Waals surface area contributed by atoms with Crippen LogP contribution in [0.15, 0.2) is 30.5 Å². The van der Waals surface area contributed by atoms with E-state index >= 15 is 0 Å². The highest BCUT2D eigenvalue weighted by molar-refractivity contribution is 6.02.